The van der Waals surface area contributed by atoms with Gasteiger partial charge in [0.05, 0.1) is 30.2 Å². The number of amides is 1. The molecule has 4 N–H and O–H groups in total. The fraction of sp³-hybridized carbons (Fsp3) is 0.0870. The molecular weight excluding hydrogens is 452 g/mol. The number of rotatable bonds is 8. The summed E-state index contributed by atoms with van der Waals surface area (Å²) in [7, 11) is 0. The van der Waals surface area contributed by atoms with Crippen LogP contribution in [0.4, 0.5) is 17.3 Å². The lowest BCUT2D eigenvalue weighted by Crippen LogP contribution is -2.15. The van der Waals surface area contributed by atoms with Gasteiger partial charge in [0, 0.05) is 15.8 Å². The predicted octanol–water partition coefficient (Wildman–Crippen LogP) is 3.56. The minimum atomic E-state index is -0.128. The molecule has 11 heteroatoms. The van der Waals surface area contributed by atoms with Crippen LogP contribution in [-0.2, 0) is 22.7 Å². The molecule has 0 bridgehead atoms. The van der Waals surface area contributed by atoms with Crippen molar-refractivity contribution in [1.29, 1.82) is 0 Å². The first kappa shape index (κ1) is 21.6. The number of carbonyl (C=O) groups excluding carboxylic acids is 1. The summed E-state index contributed by atoms with van der Waals surface area (Å²) >= 11 is 1.54. The van der Waals surface area contributed by atoms with Gasteiger partial charge >= 0.3 is 0 Å². The molecule has 0 spiro atoms. The van der Waals surface area contributed by atoms with Gasteiger partial charge in [0.25, 0.3) is 0 Å². The topological polar surface area (TPSA) is 132 Å². The maximum absolute atomic E-state index is 12.3. The van der Waals surface area contributed by atoms with Crippen molar-refractivity contribution in [3.05, 3.63) is 83.1 Å². The Bertz CT molecular complexity index is 1420. The predicted molar refractivity (Wildman–Crippen MR) is 129 cm³/mol. The average molecular weight is 473 g/mol. The molecule has 0 atom stereocenters. The third-order valence-corrected chi connectivity index (χ3v) is 5.89. The van der Waals surface area contributed by atoms with Crippen LogP contribution in [0.3, 0.4) is 0 Å². The maximum atomic E-state index is 12.3. The lowest BCUT2D eigenvalue weighted by Gasteiger charge is -2.09. The molecule has 0 aliphatic carbocycles. The van der Waals surface area contributed by atoms with Crippen LogP contribution >= 0.6 is 11.3 Å². The van der Waals surface area contributed by atoms with Gasteiger partial charge in [0.2, 0.25) is 5.91 Å². The van der Waals surface area contributed by atoms with E-state index in [-0.39, 0.29) is 12.3 Å². The van der Waals surface area contributed by atoms with Gasteiger partial charge in [-0.15, -0.1) is 11.3 Å². The molecule has 1 amide bonds. The molecule has 5 aromatic rings. The van der Waals surface area contributed by atoms with E-state index in [1.807, 2.05) is 47.8 Å². The Balaban J connectivity index is 1.29. The number of nitrogens with zero attached hydrogens (tertiary/aromatic N) is 5. The zero-order valence-corrected chi connectivity index (χ0v) is 18.7. The molecule has 170 valence electrons. The molecule has 0 radical (unpaired) electrons. The van der Waals surface area contributed by atoms with Gasteiger partial charge < -0.3 is 10.6 Å². The molecule has 4 aromatic heterocycles. The molecule has 1 aromatic carbocycles. The Kier molecular flexibility index (Phi) is 6.21. The molecule has 0 aliphatic heterocycles. The maximum Gasteiger partial charge on any atom is 0.229 e. The molecule has 0 fully saturated rings. The summed E-state index contributed by atoms with van der Waals surface area (Å²) in [4.78, 5) is 31.2. The Morgan fingerprint density at radius 1 is 1.09 bits per heavy atom. The highest BCUT2D eigenvalue weighted by atomic mass is 32.1. The van der Waals surface area contributed by atoms with Crippen molar-refractivity contribution in [2.24, 2.45) is 5.90 Å². The Morgan fingerprint density at radius 3 is 2.76 bits per heavy atom. The second-order valence-electron chi connectivity index (χ2n) is 7.37. The summed E-state index contributed by atoms with van der Waals surface area (Å²) in [6, 6.07) is 15.1. The van der Waals surface area contributed by atoms with Crippen LogP contribution in [0.5, 0.6) is 0 Å². The van der Waals surface area contributed by atoms with E-state index in [1.165, 1.54) is 6.33 Å². The highest BCUT2D eigenvalue weighted by molar-refractivity contribution is 7.10. The Morgan fingerprint density at radius 2 is 1.97 bits per heavy atom. The van der Waals surface area contributed by atoms with E-state index in [9.17, 15) is 4.79 Å². The molecule has 10 nitrogen and oxygen atoms in total. The van der Waals surface area contributed by atoms with Gasteiger partial charge in [0.1, 0.15) is 18.8 Å². The number of fused-ring (bicyclic) bond motifs is 1. The Hall–Kier alpha value is -4.19. The van der Waals surface area contributed by atoms with Crippen molar-refractivity contribution < 1.29 is 9.63 Å². The van der Waals surface area contributed by atoms with E-state index in [1.54, 1.807) is 34.3 Å². The number of carbonyl (C=O) groups is 1. The summed E-state index contributed by atoms with van der Waals surface area (Å²) in [5.41, 5.74) is 3.96. The van der Waals surface area contributed by atoms with E-state index < -0.39 is 0 Å². The van der Waals surface area contributed by atoms with Crippen molar-refractivity contribution in [1.82, 2.24) is 24.6 Å². The molecule has 4 heterocycles. The number of nitrogens with two attached hydrogens (primary N) is 1. The summed E-state index contributed by atoms with van der Waals surface area (Å²) in [5, 5.41) is 12.4. The molecule has 0 saturated heterocycles. The van der Waals surface area contributed by atoms with E-state index in [4.69, 9.17) is 10.7 Å². The molecule has 0 aliphatic rings. The molecular formula is C23H20N8O2S. The van der Waals surface area contributed by atoms with Crippen LogP contribution in [0.2, 0.25) is 0 Å². The van der Waals surface area contributed by atoms with Gasteiger partial charge in [-0.05, 0) is 23.8 Å². The van der Waals surface area contributed by atoms with Crippen LogP contribution in [-0.4, -0.2) is 30.5 Å². The number of thiophene rings is 1. The second-order valence-corrected chi connectivity index (χ2v) is 8.36. The van der Waals surface area contributed by atoms with E-state index >= 15 is 0 Å². The SMILES string of the molecule is NOCc1cc(-c2cnc(Nc3ccc(NC(=O)Cc4ccccc4)nc3)c3ncnn23)cs1. The second kappa shape index (κ2) is 9.75. The van der Waals surface area contributed by atoms with Gasteiger partial charge in [-0.1, -0.05) is 30.3 Å². The number of hydrogen-bond acceptors (Lipinski definition) is 9. The number of pyridine rings is 1. The normalized spacial score (nSPS) is 11.0. The van der Waals surface area contributed by atoms with Gasteiger partial charge in [-0.3, -0.25) is 9.63 Å². The van der Waals surface area contributed by atoms with Crippen molar-refractivity contribution in [3.63, 3.8) is 0 Å². The summed E-state index contributed by atoms with van der Waals surface area (Å²) in [6.45, 7) is 0.341. The monoisotopic (exact) mass is 472 g/mol. The van der Waals surface area contributed by atoms with Gasteiger partial charge in [0.15, 0.2) is 11.5 Å². The fourth-order valence-electron chi connectivity index (χ4n) is 3.42. The smallest absolute Gasteiger partial charge is 0.229 e. The quantitative estimate of drug-likeness (QED) is 0.292. The van der Waals surface area contributed by atoms with E-state index in [0.29, 0.717) is 29.6 Å². The van der Waals surface area contributed by atoms with Crippen LogP contribution < -0.4 is 16.5 Å². The van der Waals surface area contributed by atoms with Crippen molar-refractivity contribution >= 4 is 40.2 Å². The Labute approximate surface area is 198 Å². The lowest BCUT2D eigenvalue weighted by atomic mass is 10.1. The minimum absolute atomic E-state index is 0.128. The largest absolute Gasteiger partial charge is 0.336 e. The summed E-state index contributed by atoms with van der Waals surface area (Å²) < 4.78 is 1.72. The first-order valence-corrected chi connectivity index (χ1v) is 11.2. The highest BCUT2D eigenvalue weighted by Crippen LogP contribution is 2.28. The van der Waals surface area contributed by atoms with Crippen molar-refractivity contribution in [3.8, 4) is 11.3 Å². The number of hydrogen-bond donors (Lipinski definition) is 3. The van der Waals surface area contributed by atoms with Crippen molar-refractivity contribution in [2.45, 2.75) is 13.0 Å². The molecule has 0 unspecified atom stereocenters. The zero-order chi connectivity index (χ0) is 23.3. The van der Waals surface area contributed by atoms with E-state index in [2.05, 4.69) is 30.7 Å². The number of anilines is 3. The molecule has 0 saturated carbocycles. The number of nitrogens with one attached hydrogen (secondary N) is 2. The van der Waals surface area contributed by atoms with Crippen LogP contribution in [0.1, 0.15) is 10.4 Å². The average Bonchev–Trinajstić information content (AvgIpc) is 3.52. The van der Waals surface area contributed by atoms with Crippen LogP contribution in [0, 0.1) is 0 Å². The first-order chi connectivity index (χ1) is 16.7. The highest BCUT2D eigenvalue weighted by Gasteiger charge is 2.13. The van der Waals surface area contributed by atoms with Gasteiger partial charge in [-0.25, -0.2) is 25.4 Å². The van der Waals surface area contributed by atoms with Crippen LogP contribution in [0.15, 0.2) is 72.6 Å². The minimum Gasteiger partial charge on any atom is -0.336 e. The lowest BCUT2D eigenvalue weighted by molar-refractivity contribution is -0.115. The molecule has 5 rings (SSSR count). The number of benzene rings is 1. The third kappa shape index (κ3) is 4.76. The van der Waals surface area contributed by atoms with Crippen LogP contribution in [0.25, 0.3) is 16.9 Å². The fourth-order valence-corrected chi connectivity index (χ4v) is 4.22. The number of aromatic nitrogens is 5. The molecule has 34 heavy (non-hydrogen) atoms. The summed E-state index contributed by atoms with van der Waals surface area (Å²) in [6.07, 6.45) is 5.11. The van der Waals surface area contributed by atoms with Gasteiger partial charge in [-0.2, -0.15) is 5.10 Å². The van der Waals surface area contributed by atoms with Crippen molar-refractivity contribution in [2.75, 3.05) is 10.6 Å². The standard InChI is InChI=1S/C23H20N8O2S/c24-33-12-18-9-16(13-34-18)19-11-26-22(23-27-14-28-31(19)23)29-17-6-7-20(25-10-17)30-21(32)8-15-4-2-1-3-5-15/h1-7,9-11,13-14H,8,12,24H2,(H,26,29)(H,25,30,32). The third-order valence-electron chi connectivity index (χ3n) is 4.98. The first-order valence-electron chi connectivity index (χ1n) is 10.3. The summed E-state index contributed by atoms with van der Waals surface area (Å²) in [5.74, 6) is 6.05. The zero-order valence-electron chi connectivity index (χ0n) is 17.9. The van der Waals surface area contributed by atoms with E-state index in [0.717, 1.165) is 21.7 Å².